The van der Waals surface area contributed by atoms with E-state index in [0.717, 1.165) is 32.1 Å². The van der Waals surface area contributed by atoms with Crippen LogP contribution >= 0.6 is 23.2 Å². The Bertz CT molecular complexity index is 715. The molecule has 1 aliphatic heterocycles. The van der Waals surface area contributed by atoms with Crippen molar-refractivity contribution < 1.29 is 4.79 Å². The van der Waals surface area contributed by atoms with Crippen molar-refractivity contribution in [1.82, 2.24) is 14.9 Å². The summed E-state index contributed by atoms with van der Waals surface area (Å²) < 4.78 is 0. The number of carbonyl (C=O) groups excluding carboxylic acids is 1. The van der Waals surface area contributed by atoms with E-state index in [2.05, 4.69) is 25.1 Å². The van der Waals surface area contributed by atoms with Gasteiger partial charge in [0.05, 0.1) is 6.04 Å². The summed E-state index contributed by atoms with van der Waals surface area (Å²) in [6.07, 6.45) is 3.47. The minimum absolute atomic E-state index is 0.0808. The first-order valence-electron chi connectivity index (χ1n) is 8.06. The second-order valence-corrected chi connectivity index (χ2v) is 6.77. The topological polar surface area (TPSA) is 61.4 Å². The number of anilines is 2. The van der Waals surface area contributed by atoms with Crippen molar-refractivity contribution in [2.24, 2.45) is 0 Å². The minimum Gasteiger partial charge on any atom is -0.338 e. The lowest BCUT2D eigenvalue weighted by molar-refractivity contribution is -0.120. The van der Waals surface area contributed by atoms with E-state index in [-0.39, 0.29) is 11.9 Å². The van der Waals surface area contributed by atoms with Crippen LogP contribution in [0.15, 0.2) is 36.7 Å². The Hall–Kier alpha value is -1.89. The molecule has 0 aliphatic carbocycles. The third kappa shape index (κ3) is 4.60. The lowest BCUT2D eigenvalue weighted by Gasteiger charge is -2.37. The first-order chi connectivity index (χ1) is 12.0. The molecule has 3 rings (SSSR count). The largest absolute Gasteiger partial charge is 0.338 e. The monoisotopic (exact) mass is 379 g/mol. The highest BCUT2D eigenvalue weighted by atomic mass is 35.5. The number of nitrogens with zero attached hydrogens (tertiary/aromatic N) is 4. The Labute approximate surface area is 156 Å². The molecule has 0 bridgehead atoms. The smallest absolute Gasteiger partial charge is 0.241 e. The fourth-order valence-electron chi connectivity index (χ4n) is 2.80. The molecular formula is C17H19Cl2N5O. The van der Waals surface area contributed by atoms with Gasteiger partial charge in [-0.3, -0.25) is 9.69 Å². The van der Waals surface area contributed by atoms with Gasteiger partial charge in [-0.1, -0.05) is 23.2 Å². The number of hydrogen-bond donors (Lipinski definition) is 1. The molecule has 1 amide bonds. The van der Waals surface area contributed by atoms with E-state index >= 15 is 0 Å². The van der Waals surface area contributed by atoms with Crippen molar-refractivity contribution in [2.75, 3.05) is 36.4 Å². The number of rotatable bonds is 4. The molecule has 25 heavy (non-hydrogen) atoms. The Morgan fingerprint density at radius 1 is 1.08 bits per heavy atom. The zero-order chi connectivity index (χ0) is 17.8. The number of piperazine rings is 1. The number of aromatic nitrogens is 2. The quantitative estimate of drug-likeness (QED) is 0.884. The molecule has 0 unspecified atom stereocenters. The Morgan fingerprint density at radius 3 is 2.28 bits per heavy atom. The molecule has 1 aliphatic rings. The van der Waals surface area contributed by atoms with Crippen LogP contribution in [0.1, 0.15) is 6.92 Å². The van der Waals surface area contributed by atoms with Crippen LogP contribution in [0.5, 0.6) is 0 Å². The predicted molar refractivity (Wildman–Crippen MR) is 100 cm³/mol. The third-order valence-electron chi connectivity index (χ3n) is 4.21. The highest BCUT2D eigenvalue weighted by Gasteiger charge is 2.26. The lowest BCUT2D eigenvalue weighted by atomic mass is 10.2. The predicted octanol–water partition coefficient (Wildman–Crippen LogP) is 2.93. The summed E-state index contributed by atoms with van der Waals surface area (Å²) >= 11 is 11.9. The maximum atomic E-state index is 12.5. The molecule has 1 aromatic heterocycles. The van der Waals surface area contributed by atoms with Gasteiger partial charge in [0.25, 0.3) is 0 Å². The molecule has 1 saturated heterocycles. The van der Waals surface area contributed by atoms with Crippen molar-refractivity contribution in [1.29, 1.82) is 0 Å². The van der Waals surface area contributed by atoms with Crippen LogP contribution in [0.3, 0.4) is 0 Å². The zero-order valence-electron chi connectivity index (χ0n) is 13.8. The normalized spacial score (nSPS) is 16.5. The second-order valence-electron chi connectivity index (χ2n) is 5.90. The molecule has 1 aromatic carbocycles. The van der Waals surface area contributed by atoms with E-state index in [1.165, 1.54) is 0 Å². The molecule has 0 spiro atoms. The fourth-order valence-corrected chi connectivity index (χ4v) is 3.33. The Kier molecular flexibility index (Phi) is 5.73. The van der Waals surface area contributed by atoms with E-state index < -0.39 is 0 Å². The molecule has 132 valence electrons. The van der Waals surface area contributed by atoms with Gasteiger partial charge in [-0.05, 0) is 31.2 Å². The van der Waals surface area contributed by atoms with Gasteiger partial charge >= 0.3 is 0 Å². The molecule has 2 aromatic rings. The van der Waals surface area contributed by atoms with Crippen molar-refractivity contribution >= 4 is 40.7 Å². The summed E-state index contributed by atoms with van der Waals surface area (Å²) in [5.74, 6) is 0.649. The molecule has 8 heteroatoms. The molecule has 6 nitrogen and oxygen atoms in total. The number of amides is 1. The standard InChI is InChI=1S/C17H19Cl2N5O/c1-12(16(25)22-15-10-13(18)9-14(19)11-15)23-5-7-24(8-6-23)17-20-3-2-4-21-17/h2-4,9-12H,5-8H2,1H3,(H,22,25)/t12-/m0/s1. The fraction of sp³-hybridized carbons (Fsp3) is 0.353. The third-order valence-corrected chi connectivity index (χ3v) is 4.64. The Morgan fingerprint density at radius 2 is 1.68 bits per heavy atom. The van der Waals surface area contributed by atoms with Crippen molar-refractivity contribution in [3.8, 4) is 0 Å². The number of carbonyl (C=O) groups is 1. The molecular weight excluding hydrogens is 361 g/mol. The van der Waals surface area contributed by atoms with Crippen LogP contribution in [-0.2, 0) is 4.79 Å². The first-order valence-corrected chi connectivity index (χ1v) is 8.81. The maximum absolute atomic E-state index is 12.5. The zero-order valence-corrected chi connectivity index (χ0v) is 15.3. The van der Waals surface area contributed by atoms with Gasteiger partial charge < -0.3 is 10.2 Å². The van der Waals surface area contributed by atoms with Crippen LogP contribution in [0.4, 0.5) is 11.6 Å². The maximum Gasteiger partial charge on any atom is 0.241 e. The van der Waals surface area contributed by atoms with Gasteiger partial charge in [0.1, 0.15) is 0 Å². The molecule has 1 fully saturated rings. The van der Waals surface area contributed by atoms with E-state index in [0.29, 0.717) is 15.7 Å². The molecule has 0 saturated carbocycles. The summed E-state index contributed by atoms with van der Waals surface area (Å²) in [6, 6.07) is 6.55. The van der Waals surface area contributed by atoms with Crippen LogP contribution in [0, 0.1) is 0 Å². The number of halogens is 2. The van der Waals surface area contributed by atoms with E-state index in [1.807, 2.05) is 6.92 Å². The first kappa shape index (κ1) is 17.9. The molecule has 0 radical (unpaired) electrons. The summed E-state index contributed by atoms with van der Waals surface area (Å²) in [6.45, 7) is 5.00. The molecule has 1 atom stereocenters. The molecule has 1 N–H and O–H groups in total. The van der Waals surface area contributed by atoms with E-state index in [9.17, 15) is 4.79 Å². The van der Waals surface area contributed by atoms with Crippen molar-refractivity contribution in [3.63, 3.8) is 0 Å². The minimum atomic E-state index is -0.253. The average Bonchev–Trinajstić information content (AvgIpc) is 2.61. The summed E-state index contributed by atoms with van der Waals surface area (Å²) in [5.41, 5.74) is 0.602. The van der Waals surface area contributed by atoms with Crippen molar-refractivity contribution in [2.45, 2.75) is 13.0 Å². The SMILES string of the molecule is C[C@@H](C(=O)Nc1cc(Cl)cc(Cl)c1)N1CCN(c2ncccn2)CC1. The lowest BCUT2D eigenvalue weighted by Crippen LogP contribution is -2.53. The van der Waals surface area contributed by atoms with Gasteiger partial charge in [0.15, 0.2) is 0 Å². The summed E-state index contributed by atoms with van der Waals surface area (Å²) in [5, 5.41) is 3.86. The van der Waals surface area contributed by atoms with Gasteiger partial charge in [0.2, 0.25) is 11.9 Å². The highest BCUT2D eigenvalue weighted by Crippen LogP contribution is 2.23. The average molecular weight is 380 g/mol. The Balaban J connectivity index is 1.56. The van der Waals surface area contributed by atoms with Gasteiger partial charge in [-0.25, -0.2) is 9.97 Å². The van der Waals surface area contributed by atoms with Gasteiger partial charge in [0, 0.05) is 54.3 Å². The van der Waals surface area contributed by atoms with Crippen LogP contribution in [-0.4, -0.2) is 53.0 Å². The van der Waals surface area contributed by atoms with Crippen LogP contribution in [0.2, 0.25) is 10.0 Å². The van der Waals surface area contributed by atoms with Crippen LogP contribution in [0.25, 0.3) is 0 Å². The molecule has 2 heterocycles. The van der Waals surface area contributed by atoms with Gasteiger partial charge in [-0.15, -0.1) is 0 Å². The summed E-state index contributed by atoms with van der Waals surface area (Å²) in [7, 11) is 0. The van der Waals surface area contributed by atoms with E-state index in [4.69, 9.17) is 23.2 Å². The van der Waals surface area contributed by atoms with Crippen molar-refractivity contribution in [3.05, 3.63) is 46.7 Å². The summed E-state index contributed by atoms with van der Waals surface area (Å²) in [4.78, 5) is 25.3. The number of nitrogens with one attached hydrogen (secondary N) is 1. The number of hydrogen-bond acceptors (Lipinski definition) is 5. The van der Waals surface area contributed by atoms with E-state index in [1.54, 1.807) is 36.7 Å². The van der Waals surface area contributed by atoms with Crippen LogP contribution < -0.4 is 10.2 Å². The van der Waals surface area contributed by atoms with Gasteiger partial charge in [-0.2, -0.15) is 0 Å². The highest BCUT2D eigenvalue weighted by molar-refractivity contribution is 6.35. The number of benzene rings is 1. The second kappa shape index (κ2) is 7.99.